The van der Waals surface area contributed by atoms with Crippen molar-refractivity contribution < 1.29 is 27.9 Å². The van der Waals surface area contributed by atoms with Crippen LogP contribution in [0.5, 0.6) is 0 Å². The smallest absolute Gasteiger partial charge is 0.396 e. The molecule has 2 amide bonds. The first kappa shape index (κ1) is 28.3. The molecule has 3 N–H and O–H groups in total. The normalized spacial score (nSPS) is 12.5. The Balaban J connectivity index is 2.50. The number of urea groups is 1. The summed E-state index contributed by atoms with van der Waals surface area (Å²) in [4.78, 5) is 25.9. The number of carbonyl (C=O) groups excluding carboxylic acids is 1. The van der Waals surface area contributed by atoms with Crippen LogP contribution >= 0.6 is 11.6 Å². The van der Waals surface area contributed by atoms with E-state index in [1.165, 1.54) is 18.2 Å². The molecule has 0 saturated carbocycles. The second-order valence-corrected chi connectivity index (χ2v) is 9.68. The highest BCUT2D eigenvalue weighted by Crippen LogP contribution is 2.40. The number of halogens is 4. The van der Waals surface area contributed by atoms with Crippen LogP contribution in [0.4, 0.5) is 35.0 Å². The zero-order chi connectivity index (χ0) is 26.3. The van der Waals surface area contributed by atoms with Gasteiger partial charge < -0.3 is 20.6 Å². The van der Waals surface area contributed by atoms with Gasteiger partial charge in [-0.15, -0.1) is 0 Å². The molecule has 0 heterocycles. The molecule has 0 aliphatic rings. The lowest BCUT2D eigenvalue weighted by molar-refractivity contribution is -0.163. The lowest BCUT2D eigenvalue weighted by Gasteiger charge is -2.31. The molecule has 6 nitrogen and oxygen atoms in total. The van der Waals surface area contributed by atoms with Crippen LogP contribution in [0, 0.1) is 11.8 Å². The molecule has 0 aromatic heterocycles. The van der Waals surface area contributed by atoms with Crippen molar-refractivity contribution in [2.75, 3.05) is 28.6 Å². The van der Waals surface area contributed by atoms with E-state index in [-0.39, 0.29) is 23.1 Å². The first-order valence-electron chi connectivity index (χ1n) is 11.3. The molecule has 1 atom stereocenters. The Hall–Kier alpha value is -2.94. The maximum atomic E-state index is 13.7. The van der Waals surface area contributed by atoms with Gasteiger partial charge in [0.1, 0.15) is 0 Å². The number of amides is 2. The summed E-state index contributed by atoms with van der Waals surface area (Å²) >= 11 is 5.87. The molecule has 0 bridgehead atoms. The van der Waals surface area contributed by atoms with Crippen molar-refractivity contribution >= 4 is 40.7 Å². The van der Waals surface area contributed by atoms with E-state index in [0.717, 1.165) is 0 Å². The summed E-state index contributed by atoms with van der Waals surface area (Å²) in [6.45, 7) is 9.32. The molecule has 0 fully saturated rings. The molecule has 0 aliphatic heterocycles. The monoisotopic (exact) mass is 513 g/mol. The van der Waals surface area contributed by atoms with Crippen LogP contribution in [0.2, 0.25) is 5.02 Å². The highest BCUT2D eigenvalue weighted by Gasteiger charge is 2.42. The molecule has 192 valence electrons. The van der Waals surface area contributed by atoms with Crippen LogP contribution < -0.4 is 15.5 Å². The van der Waals surface area contributed by atoms with Crippen LogP contribution in [-0.4, -0.2) is 36.4 Å². The SMILES string of the molecule is CC(C)CN(CC(C)C)c1ccc(C(CC(=O)O)C(F)(F)F)cc1NC(=O)Nc1ccc(Cl)cc1. The largest absolute Gasteiger partial charge is 0.481 e. The van der Waals surface area contributed by atoms with Crippen molar-refractivity contribution in [2.24, 2.45) is 11.8 Å². The van der Waals surface area contributed by atoms with Gasteiger partial charge in [0.25, 0.3) is 0 Å². The summed E-state index contributed by atoms with van der Waals surface area (Å²) in [7, 11) is 0. The number of hydrogen-bond donors (Lipinski definition) is 3. The average molecular weight is 514 g/mol. The first-order chi connectivity index (χ1) is 16.3. The van der Waals surface area contributed by atoms with E-state index in [2.05, 4.69) is 10.6 Å². The number of benzene rings is 2. The van der Waals surface area contributed by atoms with Gasteiger partial charge in [-0.2, -0.15) is 13.2 Å². The van der Waals surface area contributed by atoms with Crippen LogP contribution in [0.1, 0.15) is 45.6 Å². The van der Waals surface area contributed by atoms with E-state index in [0.29, 0.717) is 29.5 Å². The summed E-state index contributed by atoms with van der Waals surface area (Å²) in [6.07, 6.45) is -5.88. The van der Waals surface area contributed by atoms with Crippen molar-refractivity contribution in [3.63, 3.8) is 0 Å². The molecule has 10 heteroatoms. The molecule has 2 rings (SSSR count). The predicted octanol–water partition coefficient (Wildman–Crippen LogP) is 7.22. The Labute approximate surface area is 208 Å². The molecular weight excluding hydrogens is 483 g/mol. The molecule has 35 heavy (non-hydrogen) atoms. The summed E-state index contributed by atoms with van der Waals surface area (Å²) < 4.78 is 41.1. The maximum Gasteiger partial charge on any atom is 0.396 e. The van der Waals surface area contributed by atoms with Crippen molar-refractivity contribution in [1.82, 2.24) is 0 Å². The second kappa shape index (κ2) is 12.2. The fourth-order valence-electron chi connectivity index (χ4n) is 3.71. The zero-order valence-electron chi connectivity index (χ0n) is 20.1. The molecule has 0 radical (unpaired) electrons. The number of rotatable bonds is 10. The van der Waals surface area contributed by atoms with Crippen molar-refractivity contribution in [3.05, 3.63) is 53.1 Å². The van der Waals surface area contributed by atoms with Crippen molar-refractivity contribution in [3.8, 4) is 0 Å². The van der Waals surface area contributed by atoms with Gasteiger partial charge in [-0.1, -0.05) is 45.4 Å². The fourth-order valence-corrected chi connectivity index (χ4v) is 3.84. The quantitative estimate of drug-likeness (QED) is 0.313. The lowest BCUT2D eigenvalue weighted by Crippen LogP contribution is -2.33. The number of nitrogens with one attached hydrogen (secondary N) is 2. The van der Waals surface area contributed by atoms with Gasteiger partial charge in [-0.25, -0.2) is 4.79 Å². The van der Waals surface area contributed by atoms with Crippen LogP contribution in [-0.2, 0) is 4.79 Å². The number of alkyl halides is 3. The molecule has 0 aliphatic carbocycles. The van der Waals surface area contributed by atoms with Crippen LogP contribution in [0.15, 0.2) is 42.5 Å². The third-order valence-electron chi connectivity index (χ3n) is 5.06. The van der Waals surface area contributed by atoms with Gasteiger partial charge in [0.2, 0.25) is 0 Å². The lowest BCUT2D eigenvalue weighted by atomic mass is 9.94. The van der Waals surface area contributed by atoms with Crippen molar-refractivity contribution in [1.29, 1.82) is 0 Å². The zero-order valence-corrected chi connectivity index (χ0v) is 20.9. The molecule has 0 spiro atoms. The van der Waals surface area contributed by atoms with Crippen molar-refractivity contribution in [2.45, 2.75) is 46.2 Å². The molecular formula is C25H31ClF3N3O3. The Kier molecular flexibility index (Phi) is 9.82. The number of carboxylic acids is 1. The maximum absolute atomic E-state index is 13.7. The van der Waals surface area contributed by atoms with E-state index in [1.54, 1.807) is 24.3 Å². The fraction of sp³-hybridized carbons (Fsp3) is 0.440. The van der Waals surface area contributed by atoms with Crippen LogP contribution in [0.25, 0.3) is 0 Å². The first-order valence-corrected chi connectivity index (χ1v) is 11.6. The number of aliphatic carboxylic acids is 1. The van der Waals surface area contributed by atoms with Gasteiger partial charge in [0, 0.05) is 23.8 Å². The third-order valence-corrected chi connectivity index (χ3v) is 5.31. The van der Waals surface area contributed by atoms with E-state index in [9.17, 15) is 22.8 Å². The van der Waals surface area contributed by atoms with Gasteiger partial charge in [0.05, 0.1) is 23.7 Å². The summed E-state index contributed by atoms with van der Waals surface area (Å²) in [5.41, 5.74) is 0.929. The summed E-state index contributed by atoms with van der Waals surface area (Å²) in [6, 6.07) is 9.73. The molecule has 2 aromatic carbocycles. The Morgan fingerprint density at radius 1 is 0.971 bits per heavy atom. The van der Waals surface area contributed by atoms with Gasteiger partial charge in [-0.05, 0) is 53.8 Å². The minimum atomic E-state index is -4.77. The summed E-state index contributed by atoms with van der Waals surface area (Å²) in [5, 5.41) is 14.8. The molecule has 2 aromatic rings. The van der Waals surface area contributed by atoms with E-state index in [1.807, 2.05) is 32.6 Å². The summed E-state index contributed by atoms with van der Waals surface area (Å²) in [5.74, 6) is -3.27. The Bertz CT molecular complexity index is 1000. The topological polar surface area (TPSA) is 81.7 Å². The highest BCUT2D eigenvalue weighted by molar-refractivity contribution is 6.30. The average Bonchev–Trinajstić information content (AvgIpc) is 2.71. The van der Waals surface area contributed by atoms with Crippen LogP contribution in [0.3, 0.4) is 0 Å². The number of anilines is 3. The Morgan fingerprint density at radius 3 is 2.03 bits per heavy atom. The molecule has 0 saturated heterocycles. The van der Waals surface area contributed by atoms with E-state index in [4.69, 9.17) is 16.7 Å². The highest BCUT2D eigenvalue weighted by atomic mass is 35.5. The van der Waals surface area contributed by atoms with E-state index >= 15 is 0 Å². The second-order valence-electron chi connectivity index (χ2n) is 9.25. The standard InChI is InChI=1S/C25H31ClF3N3O3/c1-15(2)13-32(14-16(3)4)22-10-5-17(20(12-23(33)34)25(27,28)29)11-21(22)31-24(35)30-19-8-6-18(26)7-9-19/h5-11,15-16,20H,12-14H2,1-4H3,(H,33,34)(H2,30,31,35). The van der Waals surface area contributed by atoms with Gasteiger partial charge >= 0.3 is 18.2 Å². The molecule has 1 unspecified atom stereocenters. The predicted molar refractivity (Wildman–Crippen MR) is 133 cm³/mol. The number of hydrogen-bond acceptors (Lipinski definition) is 3. The Morgan fingerprint density at radius 2 is 1.54 bits per heavy atom. The minimum absolute atomic E-state index is 0.162. The third kappa shape index (κ3) is 8.98. The van der Waals surface area contributed by atoms with Gasteiger partial charge in [0.15, 0.2) is 0 Å². The number of carboxylic acid groups (broad SMARTS) is 1. The number of carbonyl (C=O) groups is 2. The van der Waals surface area contributed by atoms with E-state index < -0.39 is 30.5 Å². The van der Waals surface area contributed by atoms with Gasteiger partial charge in [-0.3, -0.25) is 4.79 Å². The minimum Gasteiger partial charge on any atom is -0.481 e. The number of nitrogens with zero attached hydrogens (tertiary/aromatic N) is 1.